The Morgan fingerprint density at radius 2 is 0.211 bits per heavy atom. The van der Waals surface area contributed by atoms with Crippen LogP contribution < -0.4 is 34.4 Å². The van der Waals surface area contributed by atoms with Gasteiger partial charge in [0.1, 0.15) is 0 Å². The maximum Gasteiger partial charge on any atom is 2.00 e. The molecule has 6 radical (unpaired) electrons. The van der Waals surface area contributed by atoms with Crippen molar-refractivity contribution in [3.05, 3.63) is 192 Å². The van der Waals surface area contributed by atoms with Crippen LogP contribution in [0, 0.1) is 0 Å². The normalized spacial score (nSPS) is 6.67. The monoisotopic (exact) mass is 1580 g/mol. The van der Waals surface area contributed by atoms with Gasteiger partial charge in [-0.3, -0.25) is 58.9 Å². The van der Waals surface area contributed by atoms with E-state index < -0.39 is 0 Å². The van der Waals surface area contributed by atoms with Crippen LogP contribution in [-0.2, 0) is 102 Å². The predicted molar refractivity (Wildman–Crippen MR) is 342 cm³/mol. The Kier molecular flexibility index (Phi) is 432. The van der Waals surface area contributed by atoms with Gasteiger partial charge in [-0.2, -0.15) is 0 Å². The van der Waals surface area contributed by atoms with Crippen molar-refractivity contribution in [1.29, 1.82) is 0 Å². The molecule has 0 aromatic rings. The Bertz CT molecular complexity index is 1160. The van der Waals surface area contributed by atoms with Crippen LogP contribution in [0.2, 0.25) is 0 Å². The van der Waals surface area contributed by atoms with E-state index in [1.807, 2.05) is 0 Å². The van der Waals surface area contributed by atoms with Crippen molar-refractivity contribution in [2.45, 2.75) is 83.1 Å². The molecule has 0 aliphatic rings. The summed E-state index contributed by atoms with van der Waals surface area (Å²) >= 11 is 0. The van der Waals surface area contributed by atoms with Crippen molar-refractivity contribution in [2.24, 2.45) is 34.4 Å². The van der Waals surface area contributed by atoms with Crippen molar-refractivity contribution in [1.82, 2.24) is 29.4 Å². The molecule has 54 heteroatoms. The summed E-state index contributed by atoms with van der Waals surface area (Å²) in [6.45, 7) is 50.1. The van der Waals surface area contributed by atoms with Crippen LogP contribution in [0.4, 0.5) is 0 Å². The molecule has 0 saturated carbocycles. The molecule has 0 spiro atoms. The van der Waals surface area contributed by atoms with Crippen LogP contribution in [0.1, 0.15) is 83.1 Å². The van der Waals surface area contributed by atoms with Crippen LogP contribution in [0.5, 0.6) is 0 Å². The Morgan fingerprint density at radius 1 is 0.167 bits per heavy atom. The van der Waals surface area contributed by atoms with Gasteiger partial charge in [0.2, 0.25) is 0 Å². The topological polar surface area (TPSA) is 880 Å². The summed E-state index contributed by atoms with van der Waals surface area (Å²) in [7, 11) is 0. The second kappa shape index (κ2) is 242. The summed E-state index contributed by atoms with van der Waals surface area (Å²) in [5.41, 5.74) is 194. The number of nitrogens with zero attached hydrogens (tertiary/aromatic N) is 42. The fourth-order valence-corrected chi connectivity index (χ4v) is 4.33. The first-order chi connectivity index (χ1) is 40.0. The molecule has 0 fully saturated rings. The molecule has 90 heavy (non-hydrogen) atoms. The van der Waals surface area contributed by atoms with Crippen LogP contribution in [0.25, 0.3) is 192 Å². The third kappa shape index (κ3) is 412. The van der Waals surface area contributed by atoms with Gasteiger partial charge in [0.05, 0.1) is 0 Å². The average Bonchev–Trinajstić information content (AvgIpc) is 3.46. The minimum Gasteiger partial charge on any atom is -0.373 e. The van der Waals surface area contributed by atoms with Crippen molar-refractivity contribution in [2.75, 3.05) is 157 Å². The molecule has 0 saturated heterocycles. The molecule has 546 valence electrons. The van der Waals surface area contributed by atoms with E-state index in [1.165, 1.54) is 58.9 Å². The quantitative estimate of drug-likeness (QED) is 0.0227. The second-order valence-corrected chi connectivity index (χ2v) is 12.0. The van der Waals surface area contributed by atoms with E-state index >= 15 is 0 Å². The van der Waals surface area contributed by atoms with Gasteiger partial charge >= 0.3 is 102 Å². The third-order valence-corrected chi connectivity index (χ3v) is 8.04. The standard InChI is InChI=1S/6C6H16N2.6Cu.12N3/c6*1-3-8(4-2)6-5-7;;;;;;;12*1-3-2/h6*3-7H2,1-2H3;;;;;;;;;;;;;;;;;;/q;;;;;;6*+2;12*-1. The maximum atomic E-state index is 6.75. The molecular formula is C36H96Cu6N48. The summed E-state index contributed by atoms with van der Waals surface area (Å²) in [4.78, 5) is 31.8. The van der Waals surface area contributed by atoms with Gasteiger partial charge < -0.3 is 197 Å². The molecule has 0 bridgehead atoms. The van der Waals surface area contributed by atoms with E-state index in [4.69, 9.17) is 167 Å². The predicted octanol–water partition coefficient (Wildman–Crippen LogP) is 12.1. The first kappa shape index (κ1) is 161. The molecule has 0 rings (SSSR count). The summed E-state index contributed by atoms with van der Waals surface area (Å²) in [5, 5.41) is 0. The minimum atomic E-state index is 0. The van der Waals surface area contributed by atoms with Gasteiger partial charge in [0.25, 0.3) is 0 Å². The third-order valence-electron chi connectivity index (χ3n) is 8.04. The molecule has 0 amide bonds. The van der Waals surface area contributed by atoms with Gasteiger partial charge in [-0.15, -0.1) is 0 Å². The Morgan fingerprint density at radius 3 is 0.222 bits per heavy atom. The molecule has 0 aliphatic heterocycles. The first-order valence-corrected chi connectivity index (χ1v) is 24.4. The van der Waals surface area contributed by atoms with E-state index in [0.29, 0.717) is 0 Å². The van der Waals surface area contributed by atoms with Gasteiger partial charge in [0, 0.05) is 78.5 Å². The van der Waals surface area contributed by atoms with Crippen LogP contribution in [0.3, 0.4) is 0 Å². The van der Waals surface area contributed by atoms with Crippen molar-refractivity contribution in [3.63, 3.8) is 0 Å². The summed E-state index contributed by atoms with van der Waals surface area (Å²) in [6.07, 6.45) is 0. The van der Waals surface area contributed by atoms with Gasteiger partial charge in [-0.25, -0.2) is 0 Å². The molecule has 0 atom stereocenters. The second-order valence-electron chi connectivity index (χ2n) is 12.0. The smallest absolute Gasteiger partial charge is 0.373 e. The van der Waals surface area contributed by atoms with E-state index in [9.17, 15) is 0 Å². The van der Waals surface area contributed by atoms with Crippen LogP contribution in [0.15, 0.2) is 0 Å². The zero-order chi connectivity index (χ0) is 70.9. The molecule has 0 heterocycles. The molecule has 0 unspecified atom stereocenters. The largest absolute Gasteiger partial charge is 2.00 e. The Hall–Kier alpha value is -5.64. The van der Waals surface area contributed by atoms with Crippen LogP contribution >= 0.6 is 0 Å². The van der Waals surface area contributed by atoms with Crippen molar-refractivity contribution < 1.29 is 102 Å². The SMILES string of the molecule is CCN(CC)CCN.CCN(CC)CCN.CCN(CC)CCN.CCN(CC)CCN.CCN(CC)CCN.CCN(CC)CCN.[Cu+2].[Cu+2].[Cu+2].[Cu+2].[Cu+2].[Cu+2].[N-]=[N+]=[N-].[N-]=[N+]=[N-].[N-]=[N+]=[N-].[N-]=[N+]=[N-].[N-]=[N+]=[N-].[N-]=[N+]=[N-].[N-]=[N+]=[N-].[N-]=[N+]=[N-].[N-]=[N+]=[N-].[N-]=[N+]=[N-].[N-]=[N+]=[N-].[N-]=[N+]=[N-]. The summed E-state index contributed by atoms with van der Waals surface area (Å²) in [6, 6.07) is 0. The Labute approximate surface area is 594 Å². The van der Waals surface area contributed by atoms with Crippen molar-refractivity contribution >= 4 is 0 Å². The molecular weight excluding hydrogens is 1490 g/mol. The van der Waals surface area contributed by atoms with Crippen molar-refractivity contribution in [3.8, 4) is 0 Å². The fourth-order valence-electron chi connectivity index (χ4n) is 4.33. The van der Waals surface area contributed by atoms with E-state index in [0.717, 1.165) is 157 Å². The average molecular weight is 1580 g/mol. The van der Waals surface area contributed by atoms with Gasteiger partial charge in [-0.05, 0) is 78.5 Å². The summed E-state index contributed by atoms with van der Waals surface area (Å²) in [5.74, 6) is 0. The Balaban J connectivity index is -0.0000000236. The molecule has 48 nitrogen and oxygen atoms in total. The van der Waals surface area contributed by atoms with E-state index in [-0.39, 0.29) is 102 Å². The van der Waals surface area contributed by atoms with E-state index in [2.05, 4.69) is 112 Å². The van der Waals surface area contributed by atoms with Gasteiger partial charge in [-0.1, -0.05) is 83.1 Å². The maximum absolute atomic E-state index is 6.75. The molecule has 12 N–H and O–H groups in total. The zero-order valence-electron chi connectivity index (χ0n) is 53.0. The molecule has 0 aromatic carbocycles. The zero-order valence-corrected chi connectivity index (χ0v) is 58.7. The molecule has 0 aliphatic carbocycles. The minimum absolute atomic E-state index is 0. The fraction of sp³-hybridized carbons (Fsp3) is 1.00. The molecule has 0 aromatic heterocycles. The summed E-state index contributed by atoms with van der Waals surface area (Å²) < 4.78 is 0. The van der Waals surface area contributed by atoms with Crippen LogP contribution in [-0.4, -0.2) is 186 Å². The number of rotatable bonds is 24. The number of likely N-dealkylation sites (N-methyl/N-ethyl adjacent to an activating group) is 6. The first-order valence-electron chi connectivity index (χ1n) is 24.4. The number of nitrogens with two attached hydrogens (primary N) is 6. The number of hydrogen-bond acceptors (Lipinski definition) is 12. The number of hydrogen-bond donors (Lipinski definition) is 6. The van der Waals surface area contributed by atoms with Gasteiger partial charge in [0.15, 0.2) is 0 Å². The van der Waals surface area contributed by atoms with E-state index in [1.54, 1.807) is 0 Å².